The van der Waals surface area contributed by atoms with Crippen molar-refractivity contribution in [3.63, 3.8) is 0 Å². The molecule has 8 nitrogen and oxygen atoms in total. The minimum atomic E-state index is -2.07. The van der Waals surface area contributed by atoms with Gasteiger partial charge >= 0.3 is 5.97 Å². The number of carbonyl (C=O) groups excluding carboxylic acids is 1. The summed E-state index contributed by atoms with van der Waals surface area (Å²) >= 11 is 0. The number of ether oxygens (including phenoxy) is 3. The molecule has 1 unspecified atom stereocenters. The summed E-state index contributed by atoms with van der Waals surface area (Å²) in [5.74, 6) is -3.96. The van der Waals surface area contributed by atoms with Crippen molar-refractivity contribution in [2.75, 3.05) is 40.4 Å². The van der Waals surface area contributed by atoms with Crippen molar-refractivity contribution in [3.8, 4) is 5.75 Å². The highest BCUT2D eigenvalue weighted by Crippen LogP contribution is 2.40. The minimum absolute atomic E-state index is 0.00265. The molecule has 1 N–H and O–H groups in total. The molecule has 3 aromatic carbocycles. The lowest BCUT2D eigenvalue weighted by atomic mass is 9.97. The summed E-state index contributed by atoms with van der Waals surface area (Å²) < 4.78 is 19.7. The molecule has 0 radical (unpaired) electrons. The maximum absolute atomic E-state index is 9.04. The molecule has 0 saturated carbocycles. The second-order valence-corrected chi connectivity index (χ2v) is 9.00. The van der Waals surface area contributed by atoms with Crippen molar-refractivity contribution in [2.45, 2.75) is 11.9 Å². The molecular weight excluding hydrogens is 462 g/mol. The average molecular weight is 494 g/mol. The molecule has 1 aliphatic rings. The standard InChI is InChI=1S/C26H30NO3.C2H2O4/c1-27(2,18-19-28-24-16-10-5-11-17-24)20-25-21-29-26(30-25,22-12-6-3-7-13-22)23-14-8-4-9-15-23;3-1(4)2(5)6/h3-17,25H,18-21H2,1-2H3;(H,3,4)(H,5,6)/q+1;/p-1. The number of carboxylic acids is 2. The highest BCUT2D eigenvalue weighted by molar-refractivity contribution is 6.26. The van der Waals surface area contributed by atoms with E-state index in [2.05, 4.69) is 38.4 Å². The second kappa shape index (κ2) is 12.3. The smallest absolute Gasteiger partial charge is 0.351 e. The molecule has 1 atom stereocenters. The van der Waals surface area contributed by atoms with Crippen LogP contribution in [0.15, 0.2) is 91.0 Å². The Morgan fingerprint density at radius 3 is 1.89 bits per heavy atom. The fourth-order valence-electron chi connectivity index (χ4n) is 3.96. The van der Waals surface area contributed by atoms with E-state index in [1.807, 2.05) is 66.7 Å². The number of hydrogen-bond donors (Lipinski definition) is 1. The van der Waals surface area contributed by atoms with Crippen LogP contribution >= 0.6 is 0 Å². The van der Waals surface area contributed by atoms with Crippen molar-refractivity contribution in [2.24, 2.45) is 0 Å². The summed E-state index contributed by atoms with van der Waals surface area (Å²) in [5.41, 5.74) is 2.05. The number of benzene rings is 3. The maximum Gasteiger partial charge on any atom is 0.351 e. The van der Waals surface area contributed by atoms with Crippen LogP contribution in [-0.4, -0.2) is 68.0 Å². The summed E-state index contributed by atoms with van der Waals surface area (Å²) in [7, 11) is 4.42. The number of hydrogen-bond acceptors (Lipinski definition) is 6. The maximum atomic E-state index is 9.04. The third kappa shape index (κ3) is 7.39. The largest absolute Gasteiger partial charge is 0.539 e. The first-order valence-electron chi connectivity index (χ1n) is 11.6. The van der Waals surface area contributed by atoms with E-state index >= 15 is 0 Å². The van der Waals surface area contributed by atoms with E-state index < -0.39 is 17.7 Å². The molecule has 36 heavy (non-hydrogen) atoms. The normalized spacial score (nSPS) is 16.4. The van der Waals surface area contributed by atoms with Gasteiger partial charge in [-0.3, -0.25) is 0 Å². The van der Waals surface area contributed by atoms with Crippen LogP contribution in [0.5, 0.6) is 5.75 Å². The topological polar surface area (TPSA) is 105 Å². The first kappa shape index (κ1) is 26.9. The fourth-order valence-corrected chi connectivity index (χ4v) is 3.96. The van der Waals surface area contributed by atoms with E-state index in [0.717, 1.165) is 34.4 Å². The van der Waals surface area contributed by atoms with Crippen LogP contribution in [-0.2, 0) is 24.8 Å². The zero-order valence-corrected chi connectivity index (χ0v) is 20.4. The van der Waals surface area contributed by atoms with Crippen molar-refractivity contribution in [1.29, 1.82) is 0 Å². The van der Waals surface area contributed by atoms with E-state index in [4.69, 9.17) is 34.0 Å². The summed E-state index contributed by atoms with van der Waals surface area (Å²) in [6, 6.07) is 30.4. The van der Waals surface area contributed by atoms with Crippen molar-refractivity contribution >= 4 is 11.9 Å². The van der Waals surface area contributed by atoms with Gasteiger partial charge in [0.05, 0.1) is 20.7 Å². The van der Waals surface area contributed by atoms with Crippen LogP contribution < -0.4 is 9.84 Å². The third-order valence-electron chi connectivity index (χ3n) is 5.69. The van der Waals surface area contributed by atoms with Crippen LogP contribution in [0.2, 0.25) is 0 Å². The molecule has 8 heteroatoms. The lowest BCUT2D eigenvalue weighted by molar-refractivity contribution is -0.893. The number of nitrogens with zero attached hydrogens (tertiary/aromatic N) is 1. The molecule has 0 aliphatic carbocycles. The molecule has 3 aromatic rings. The van der Waals surface area contributed by atoms with Gasteiger partial charge in [0.15, 0.2) is 5.97 Å². The number of likely N-dealkylation sites (N-methyl/N-ethyl adjacent to an activating group) is 1. The summed E-state index contributed by atoms with van der Waals surface area (Å²) in [6.07, 6.45) is -0.00265. The zero-order chi connectivity index (χ0) is 26.0. The Balaban J connectivity index is 0.000000538. The van der Waals surface area contributed by atoms with Crippen molar-refractivity contribution in [3.05, 3.63) is 102 Å². The predicted octanol–water partition coefficient (Wildman–Crippen LogP) is 2.28. The van der Waals surface area contributed by atoms with Gasteiger partial charge in [-0.1, -0.05) is 78.9 Å². The minimum Gasteiger partial charge on any atom is -0.539 e. The van der Waals surface area contributed by atoms with Gasteiger partial charge < -0.3 is 33.7 Å². The van der Waals surface area contributed by atoms with Gasteiger partial charge in [0.2, 0.25) is 5.79 Å². The number of aliphatic carboxylic acids is 2. The van der Waals surface area contributed by atoms with Gasteiger partial charge in [0.1, 0.15) is 31.5 Å². The number of carboxylic acid groups (broad SMARTS) is 2. The molecule has 190 valence electrons. The molecule has 0 spiro atoms. The molecule has 1 heterocycles. The molecular formula is C28H31NO7. The predicted molar refractivity (Wildman–Crippen MR) is 131 cm³/mol. The summed E-state index contributed by atoms with van der Waals surface area (Å²) in [5, 5.41) is 16.3. The fraction of sp³-hybridized carbons (Fsp3) is 0.286. The number of quaternary nitrogens is 1. The first-order chi connectivity index (χ1) is 17.2. The molecule has 1 saturated heterocycles. The van der Waals surface area contributed by atoms with E-state index in [-0.39, 0.29) is 6.10 Å². The Morgan fingerprint density at radius 1 is 0.944 bits per heavy atom. The Labute approximate surface area is 210 Å². The lowest BCUT2D eigenvalue weighted by Crippen LogP contribution is -2.48. The van der Waals surface area contributed by atoms with Crippen LogP contribution in [0.4, 0.5) is 0 Å². The van der Waals surface area contributed by atoms with Gasteiger partial charge in [-0.05, 0) is 12.1 Å². The third-order valence-corrected chi connectivity index (χ3v) is 5.69. The van der Waals surface area contributed by atoms with Gasteiger partial charge in [0.25, 0.3) is 0 Å². The summed E-state index contributed by atoms with van der Waals surface area (Å²) in [6.45, 7) is 2.95. The first-order valence-corrected chi connectivity index (χ1v) is 11.6. The van der Waals surface area contributed by atoms with E-state index in [1.165, 1.54) is 0 Å². The second-order valence-electron chi connectivity index (χ2n) is 9.00. The molecule has 4 rings (SSSR count). The Kier molecular flexibility index (Phi) is 9.19. The molecule has 0 aromatic heterocycles. The van der Waals surface area contributed by atoms with E-state index in [1.54, 1.807) is 0 Å². The van der Waals surface area contributed by atoms with Crippen LogP contribution in [0.25, 0.3) is 0 Å². The van der Waals surface area contributed by atoms with E-state index in [0.29, 0.717) is 13.2 Å². The number of para-hydroxylation sites is 1. The average Bonchev–Trinajstić information content (AvgIpc) is 3.30. The summed E-state index contributed by atoms with van der Waals surface area (Å²) in [4.78, 5) is 18.0. The lowest BCUT2D eigenvalue weighted by Gasteiger charge is -2.33. The molecule has 1 aliphatic heterocycles. The highest BCUT2D eigenvalue weighted by atomic mass is 16.7. The molecule has 0 amide bonds. The van der Waals surface area contributed by atoms with Crippen molar-refractivity contribution in [1.82, 2.24) is 0 Å². The van der Waals surface area contributed by atoms with Crippen LogP contribution in [0.3, 0.4) is 0 Å². The quantitative estimate of drug-likeness (QED) is 0.379. The Hall–Kier alpha value is -3.72. The highest BCUT2D eigenvalue weighted by Gasteiger charge is 2.46. The zero-order valence-electron chi connectivity index (χ0n) is 20.4. The van der Waals surface area contributed by atoms with Gasteiger partial charge in [0, 0.05) is 11.1 Å². The Morgan fingerprint density at radius 2 is 1.42 bits per heavy atom. The molecule has 1 fully saturated rings. The number of carbonyl (C=O) groups is 2. The Bertz CT molecular complexity index is 1050. The van der Waals surface area contributed by atoms with Crippen LogP contribution in [0.1, 0.15) is 11.1 Å². The van der Waals surface area contributed by atoms with Gasteiger partial charge in [-0.25, -0.2) is 4.79 Å². The van der Waals surface area contributed by atoms with Gasteiger partial charge in [-0.2, -0.15) is 0 Å². The van der Waals surface area contributed by atoms with Gasteiger partial charge in [-0.15, -0.1) is 0 Å². The van der Waals surface area contributed by atoms with E-state index in [9.17, 15) is 0 Å². The number of rotatable bonds is 8. The van der Waals surface area contributed by atoms with Crippen molar-refractivity contribution < 1.29 is 38.5 Å². The monoisotopic (exact) mass is 493 g/mol. The molecule has 0 bridgehead atoms. The van der Waals surface area contributed by atoms with Crippen LogP contribution in [0, 0.1) is 0 Å². The SMILES string of the molecule is C[N+](C)(CCOc1ccccc1)CC1COC(c2ccccc2)(c2ccccc2)O1.O=C([O-])C(=O)O.